The fourth-order valence-electron chi connectivity index (χ4n) is 2.24. The quantitative estimate of drug-likeness (QED) is 0.592. The molecule has 0 aromatic heterocycles. The van der Waals surface area contributed by atoms with Gasteiger partial charge in [-0.25, -0.2) is 4.39 Å². The van der Waals surface area contributed by atoms with Crippen molar-refractivity contribution in [2.24, 2.45) is 0 Å². The lowest BCUT2D eigenvalue weighted by molar-refractivity contribution is 0.562. The Morgan fingerprint density at radius 3 is 2.79 bits per heavy atom. The van der Waals surface area contributed by atoms with Gasteiger partial charge in [-0.2, -0.15) is 0 Å². The van der Waals surface area contributed by atoms with Crippen molar-refractivity contribution < 1.29 is 4.39 Å². The lowest BCUT2D eigenvalue weighted by Gasteiger charge is -2.24. The van der Waals surface area contributed by atoms with Crippen LogP contribution in [0.3, 0.4) is 0 Å². The number of halogens is 1. The third kappa shape index (κ3) is 1.47. The van der Waals surface area contributed by atoms with Crippen molar-refractivity contribution in [2.75, 3.05) is 0 Å². The Hall–Kier alpha value is -1.11. The fraction of sp³-hybridized carbons (Fsp3) is 0.385. The van der Waals surface area contributed by atoms with Gasteiger partial charge in [-0.05, 0) is 43.0 Å². The molecule has 2 rings (SSSR count). The molecule has 1 unspecified atom stereocenters. The van der Waals surface area contributed by atoms with Gasteiger partial charge in [0, 0.05) is 5.41 Å². The summed E-state index contributed by atoms with van der Waals surface area (Å²) in [7, 11) is 0. The lowest BCUT2D eigenvalue weighted by Crippen LogP contribution is -2.17. The molecule has 14 heavy (non-hydrogen) atoms. The van der Waals surface area contributed by atoms with Gasteiger partial charge in [-0.3, -0.25) is 0 Å². The van der Waals surface area contributed by atoms with E-state index >= 15 is 0 Å². The Balaban J connectivity index is 2.49. The second-order valence-corrected chi connectivity index (χ2v) is 4.32. The summed E-state index contributed by atoms with van der Waals surface area (Å²) in [4.78, 5) is 0. The second kappa shape index (κ2) is 3.23. The van der Waals surface area contributed by atoms with Crippen LogP contribution in [0.25, 0.3) is 0 Å². The van der Waals surface area contributed by atoms with Crippen LogP contribution in [-0.4, -0.2) is 0 Å². The minimum absolute atomic E-state index is 0.0478. The molecule has 0 radical (unpaired) electrons. The highest BCUT2D eigenvalue weighted by molar-refractivity contribution is 5.38. The van der Waals surface area contributed by atoms with E-state index in [1.807, 2.05) is 13.0 Å². The third-order valence-electron chi connectivity index (χ3n) is 3.13. The van der Waals surface area contributed by atoms with Crippen LogP contribution in [0.1, 0.15) is 30.9 Å². The first-order chi connectivity index (χ1) is 6.62. The first kappa shape index (κ1) is 9.45. The molecule has 0 fully saturated rings. The first-order valence-electron chi connectivity index (χ1n) is 5.06. The van der Waals surface area contributed by atoms with Crippen molar-refractivity contribution in [1.82, 2.24) is 0 Å². The van der Waals surface area contributed by atoms with E-state index < -0.39 is 0 Å². The molecule has 74 valence electrons. The van der Waals surface area contributed by atoms with Crippen molar-refractivity contribution >= 4 is 0 Å². The topological polar surface area (TPSA) is 0 Å². The largest absolute Gasteiger partial charge is 0.207 e. The van der Waals surface area contributed by atoms with E-state index in [-0.39, 0.29) is 11.2 Å². The monoisotopic (exact) mass is 190 g/mol. The second-order valence-electron chi connectivity index (χ2n) is 4.32. The molecule has 0 saturated carbocycles. The minimum atomic E-state index is -0.132. The Morgan fingerprint density at radius 1 is 1.36 bits per heavy atom. The van der Waals surface area contributed by atoms with Gasteiger partial charge in [-0.1, -0.05) is 25.1 Å². The number of rotatable bonds is 1. The lowest BCUT2D eigenvalue weighted by atomic mass is 9.80. The zero-order chi connectivity index (χ0) is 10.2. The molecule has 0 bridgehead atoms. The molecule has 1 aromatic carbocycles. The molecule has 1 aliphatic rings. The Morgan fingerprint density at radius 2 is 2.14 bits per heavy atom. The Labute approximate surface area is 84.5 Å². The van der Waals surface area contributed by atoms with Crippen molar-refractivity contribution in [3.8, 4) is 0 Å². The smallest absolute Gasteiger partial charge is 0.123 e. The summed E-state index contributed by atoms with van der Waals surface area (Å²) in [5, 5.41) is 0. The van der Waals surface area contributed by atoms with Gasteiger partial charge in [0.2, 0.25) is 0 Å². The van der Waals surface area contributed by atoms with Crippen LogP contribution in [0.2, 0.25) is 0 Å². The maximum absolute atomic E-state index is 13.1. The highest BCUT2D eigenvalue weighted by Gasteiger charge is 2.27. The molecule has 1 heteroatoms. The van der Waals surface area contributed by atoms with Crippen LogP contribution < -0.4 is 0 Å². The number of aryl methyl sites for hydroxylation is 1. The molecule has 1 atom stereocenters. The SMILES string of the molecule is Cc1ccc(F)cc1C1(C)C=CCC1. The van der Waals surface area contributed by atoms with E-state index in [2.05, 4.69) is 19.1 Å². The molecule has 1 aromatic rings. The summed E-state index contributed by atoms with van der Waals surface area (Å²) >= 11 is 0. The van der Waals surface area contributed by atoms with E-state index in [1.54, 1.807) is 6.07 Å². The van der Waals surface area contributed by atoms with Gasteiger partial charge in [0.15, 0.2) is 0 Å². The van der Waals surface area contributed by atoms with Crippen molar-refractivity contribution in [3.63, 3.8) is 0 Å². The van der Waals surface area contributed by atoms with Crippen LogP contribution in [0, 0.1) is 12.7 Å². The average molecular weight is 190 g/mol. The van der Waals surface area contributed by atoms with Gasteiger partial charge in [-0.15, -0.1) is 0 Å². The predicted octanol–water partition coefficient (Wildman–Crippen LogP) is 3.74. The maximum atomic E-state index is 13.1. The van der Waals surface area contributed by atoms with Crippen LogP contribution in [0.4, 0.5) is 4.39 Å². The molecule has 0 aliphatic heterocycles. The van der Waals surface area contributed by atoms with Crippen LogP contribution in [0.15, 0.2) is 30.4 Å². The van der Waals surface area contributed by atoms with Gasteiger partial charge < -0.3 is 0 Å². The maximum Gasteiger partial charge on any atom is 0.123 e. The summed E-state index contributed by atoms with van der Waals surface area (Å²) in [6, 6.07) is 5.06. The van der Waals surface area contributed by atoms with Gasteiger partial charge in [0.25, 0.3) is 0 Å². The van der Waals surface area contributed by atoms with E-state index in [9.17, 15) is 4.39 Å². The zero-order valence-electron chi connectivity index (χ0n) is 8.68. The van der Waals surface area contributed by atoms with E-state index in [0.29, 0.717) is 0 Å². The molecule has 0 saturated heterocycles. The summed E-state index contributed by atoms with van der Waals surface area (Å²) < 4.78 is 13.1. The first-order valence-corrected chi connectivity index (χ1v) is 5.06. The molecular weight excluding hydrogens is 175 g/mol. The number of allylic oxidation sites excluding steroid dienone is 2. The van der Waals surface area contributed by atoms with Gasteiger partial charge in [0.05, 0.1) is 0 Å². The number of hydrogen-bond donors (Lipinski definition) is 0. The summed E-state index contributed by atoms with van der Waals surface area (Å²) in [6.07, 6.45) is 6.59. The fourth-order valence-corrected chi connectivity index (χ4v) is 2.24. The molecule has 0 amide bonds. The minimum Gasteiger partial charge on any atom is -0.207 e. The van der Waals surface area contributed by atoms with E-state index in [1.165, 1.54) is 11.6 Å². The molecule has 0 N–H and O–H groups in total. The highest BCUT2D eigenvalue weighted by atomic mass is 19.1. The highest BCUT2D eigenvalue weighted by Crippen LogP contribution is 2.37. The Kier molecular flexibility index (Phi) is 2.18. The van der Waals surface area contributed by atoms with E-state index in [0.717, 1.165) is 18.4 Å². The van der Waals surface area contributed by atoms with Crippen molar-refractivity contribution in [1.29, 1.82) is 0 Å². The zero-order valence-corrected chi connectivity index (χ0v) is 8.68. The van der Waals surface area contributed by atoms with Crippen molar-refractivity contribution in [3.05, 3.63) is 47.3 Å². The molecule has 0 nitrogen and oxygen atoms in total. The molecule has 0 heterocycles. The average Bonchev–Trinajstić information content (AvgIpc) is 2.58. The standard InChI is InChI=1S/C13H15F/c1-10-5-6-11(14)9-12(10)13(2)7-3-4-8-13/h3,5-7,9H,4,8H2,1-2H3. The van der Waals surface area contributed by atoms with Crippen molar-refractivity contribution in [2.45, 2.75) is 32.1 Å². The third-order valence-corrected chi connectivity index (χ3v) is 3.13. The summed E-state index contributed by atoms with van der Waals surface area (Å²) in [5.74, 6) is -0.132. The Bertz CT molecular complexity index is 379. The van der Waals surface area contributed by atoms with Gasteiger partial charge >= 0.3 is 0 Å². The van der Waals surface area contributed by atoms with Crippen LogP contribution in [0.5, 0.6) is 0 Å². The van der Waals surface area contributed by atoms with Crippen LogP contribution >= 0.6 is 0 Å². The molecular formula is C13H15F. The predicted molar refractivity (Wildman–Crippen MR) is 56.9 cm³/mol. The van der Waals surface area contributed by atoms with E-state index in [4.69, 9.17) is 0 Å². The summed E-state index contributed by atoms with van der Waals surface area (Å²) in [5.41, 5.74) is 2.36. The van der Waals surface area contributed by atoms with Crippen LogP contribution in [-0.2, 0) is 5.41 Å². The normalized spacial score (nSPS) is 25.6. The summed E-state index contributed by atoms with van der Waals surface area (Å²) in [6.45, 7) is 4.23. The molecule has 1 aliphatic carbocycles. The number of benzene rings is 1. The molecule has 0 spiro atoms. The van der Waals surface area contributed by atoms with Gasteiger partial charge in [0.1, 0.15) is 5.82 Å². The number of hydrogen-bond acceptors (Lipinski definition) is 0.